The molecule has 1 aromatic carbocycles. The number of nitrogens with one attached hydrogen (secondary N) is 1. The Balaban J connectivity index is 1.49. The highest BCUT2D eigenvalue weighted by atomic mass is 19.2. The Morgan fingerprint density at radius 2 is 1.78 bits per heavy atom. The largest absolute Gasteiger partial charge is 0.477 e. The SMILES string of the molecule is CNc1cc(F)c(F)c2c1Cc1ncc(-c3cnc4c(c3)c(=O)c(C(=O)O)cn4C)c(N3CC4CN(C)C[C@@H]4C3)c1-2. The molecule has 5 heterocycles. The number of fused-ring (bicyclic) bond motifs is 5. The molecule has 0 spiro atoms. The number of carboxylic acids is 1. The van der Waals surface area contributed by atoms with Gasteiger partial charge in [-0.2, -0.15) is 0 Å². The molecule has 0 amide bonds. The standard InChI is InChI=1S/C30H28F2N6O3/c1-33-22-6-21(31)26(32)24-17(22)5-23-25(24)27(38-11-15-9-36(2)10-16(15)12-38)19(8-34-23)14-4-18-28(39)20(30(40)41)13-37(3)29(18)35-7-14/h4,6-8,13,15-16,33H,5,9-12H2,1-3H3,(H,40,41)/t15-,16?/m1/s1. The Morgan fingerprint density at radius 3 is 2.46 bits per heavy atom. The summed E-state index contributed by atoms with van der Waals surface area (Å²) in [5.41, 5.74) is 3.89. The molecule has 41 heavy (non-hydrogen) atoms. The van der Waals surface area contributed by atoms with Crippen LogP contribution in [0.25, 0.3) is 33.3 Å². The first-order valence-electron chi connectivity index (χ1n) is 13.5. The van der Waals surface area contributed by atoms with Crippen molar-refractivity contribution in [1.29, 1.82) is 0 Å². The Kier molecular flexibility index (Phi) is 5.66. The van der Waals surface area contributed by atoms with Crippen molar-refractivity contribution in [3.8, 4) is 22.3 Å². The molecule has 0 bridgehead atoms. The van der Waals surface area contributed by atoms with Gasteiger partial charge in [0.2, 0.25) is 5.43 Å². The molecule has 2 saturated heterocycles. The molecule has 210 valence electrons. The van der Waals surface area contributed by atoms with Gasteiger partial charge in [-0.3, -0.25) is 9.78 Å². The second-order valence-corrected chi connectivity index (χ2v) is 11.4. The summed E-state index contributed by atoms with van der Waals surface area (Å²) in [5.74, 6) is -2.30. The van der Waals surface area contributed by atoms with E-state index < -0.39 is 23.0 Å². The Labute approximate surface area is 234 Å². The fourth-order valence-corrected chi connectivity index (χ4v) is 7.05. The maximum Gasteiger partial charge on any atom is 0.341 e. The van der Waals surface area contributed by atoms with Crippen molar-refractivity contribution >= 4 is 28.4 Å². The van der Waals surface area contributed by atoms with Gasteiger partial charge in [-0.1, -0.05) is 0 Å². The highest BCUT2D eigenvalue weighted by Crippen LogP contribution is 2.51. The fourth-order valence-electron chi connectivity index (χ4n) is 7.05. The quantitative estimate of drug-likeness (QED) is 0.345. The van der Waals surface area contributed by atoms with Crippen LogP contribution in [0.5, 0.6) is 0 Å². The van der Waals surface area contributed by atoms with Crippen LogP contribution in [0.4, 0.5) is 20.2 Å². The van der Waals surface area contributed by atoms with E-state index in [1.165, 1.54) is 16.8 Å². The van der Waals surface area contributed by atoms with Gasteiger partial charge in [-0.15, -0.1) is 0 Å². The van der Waals surface area contributed by atoms with Gasteiger partial charge < -0.3 is 24.8 Å². The lowest BCUT2D eigenvalue weighted by Crippen LogP contribution is -2.27. The molecule has 4 aromatic rings. The number of pyridine rings is 3. The van der Waals surface area contributed by atoms with Gasteiger partial charge >= 0.3 is 5.97 Å². The van der Waals surface area contributed by atoms with Crippen molar-refractivity contribution in [2.24, 2.45) is 18.9 Å². The summed E-state index contributed by atoms with van der Waals surface area (Å²) in [6.07, 6.45) is 4.95. The van der Waals surface area contributed by atoms with Gasteiger partial charge in [0.05, 0.1) is 16.8 Å². The zero-order valence-electron chi connectivity index (χ0n) is 22.8. The first kappa shape index (κ1) is 25.6. The fraction of sp³-hybridized carbons (Fsp3) is 0.333. The van der Waals surface area contributed by atoms with Crippen molar-refractivity contribution in [2.75, 3.05) is 50.5 Å². The minimum atomic E-state index is -1.32. The highest BCUT2D eigenvalue weighted by molar-refractivity contribution is 5.98. The number of carboxylic acid groups (broad SMARTS) is 1. The maximum atomic E-state index is 15.6. The first-order chi connectivity index (χ1) is 19.7. The molecule has 1 aliphatic carbocycles. The van der Waals surface area contributed by atoms with Crippen LogP contribution in [0.1, 0.15) is 21.6 Å². The third-order valence-electron chi connectivity index (χ3n) is 8.86. The van der Waals surface area contributed by atoms with Crippen molar-refractivity contribution in [3.63, 3.8) is 0 Å². The third kappa shape index (κ3) is 3.75. The summed E-state index contributed by atoms with van der Waals surface area (Å²) in [5, 5.41) is 12.7. The molecule has 0 saturated carbocycles. The minimum Gasteiger partial charge on any atom is -0.477 e. The second kappa shape index (κ2) is 9.07. The van der Waals surface area contributed by atoms with E-state index in [1.54, 1.807) is 32.6 Å². The number of likely N-dealkylation sites (tertiary alicyclic amines) is 1. The Hall–Kier alpha value is -4.38. The summed E-state index contributed by atoms with van der Waals surface area (Å²) < 4.78 is 32.0. The maximum absolute atomic E-state index is 15.6. The third-order valence-corrected chi connectivity index (χ3v) is 8.86. The van der Waals surface area contributed by atoms with Crippen LogP contribution in [-0.4, -0.2) is 70.8 Å². The molecular formula is C30H28F2N6O3. The molecular weight excluding hydrogens is 530 g/mol. The summed E-state index contributed by atoms with van der Waals surface area (Å²) >= 11 is 0. The normalized spacial score (nSPS) is 19.5. The molecule has 9 nitrogen and oxygen atoms in total. The monoisotopic (exact) mass is 558 g/mol. The summed E-state index contributed by atoms with van der Waals surface area (Å²) in [7, 11) is 5.43. The number of aromatic nitrogens is 3. The van der Waals surface area contributed by atoms with Crippen LogP contribution in [0.2, 0.25) is 0 Å². The van der Waals surface area contributed by atoms with Gasteiger partial charge in [0.15, 0.2) is 11.6 Å². The van der Waals surface area contributed by atoms with E-state index in [2.05, 4.69) is 27.1 Å². The van der Waals surface area contributed by atoms with Crippen LogP contribution in [0, 0.1) is 23.5 Å². The second-order valence-electron chi connectivity index (χ2n) is 11.4. The van der Waals surface area contributed by atoms with E-state index in [0.29, 0.717) is 57.5 Å². The van der Waals surface area contributed by atoms with Crippen LogP contribution in [0.3, 0.4) is 0 Å². The smallest absolute Gasteiger partial charge is 0.341 e. The molecule has 2 atom stereocenters. The average Bonchev–Trinajstić information content (AvgIpc) is 3.62. The number of nitrogens with zero attached hydrogens (tertiary/aromatic N) is 5. The average molecular weight is 559 g/mol. The van der Waals surface area contributed by atoms with E-state index in [9.17, 15) is 19.1 Å². The van der Waals surface area contributed by atoms with Crippen molar-refractivity contribution in [3.05, 3.63) is 69.4 Å². The summed E-state index contributed by atoms with van der Waals surface area (Å²) in [6.45, 7) is 3.41. The van der Waals surface area contributed by atoms with Gasteiger partial charge in [-0.05, 0) is 30.5 Å². The molecule has 1 unspecified atom stereocenters. The van der Waals surface area contributed by atoms with Crippen LogP contribution in [0.15, 0.2) is 35.5 Å². The molecule has 2 aliphatic heterocycles. The number of halogens is 2. The molecule has 7 rings (SSSR count). The first-order valence-corrected chi connectivity index (χ1v) is 13.5. The molecule has 11 heteroatoms. The highest BCUT2D eigenvalue weighted by Gasteiger charge is 2.42. The van der Waals surface area contributed by atoms with E-state index in [-0.39, 0.29) is 16.5 Å². The van der Waals surface area contributed by atoms with Crippen molar-refractivity contribution < 1.29 is 18.7 Å². The van der Waals surface area contributed by atoms with E-state index in [4.69, 9.17) is 4.98 Å². The van der Waals surface area contributed by atoms with Gasteiger partial charge in [0, 0.05) is 99.3 Å². The van der Waals surface area contributed by atoms with Crippen LogP contribution in [-0.2, 0) is 13.5 Å². The predicted molar refractivity (Wildman–Crippen MR) is 152 cm³/mol. The predicted octanol–water partition coefficient (Wildman–Crippen LogP) is 3.58. The lowest BCUT2D eigenvalue weighted by molar-refractivity contribution is 0.0695. The summed E-state index contributed by atoms with van der Waals surface area (Å²) in [4.78, 5) is 38.7. The molecule has 2 fully saturated rings. The molecule has 2 N–H and O–H groups in total. The lowest BCUT2D eigenvalue weighted by Gasteiger charge is -2.27. The summed E-state index contributed by atoms with van der Waals surface area (Å²) in [6, 6.07) is 2.81. The van der Waals surface area contributed by atoms with Crippen molar-refractivity contribution in [2.45, 2.75) is 6.42 Å². The number of anilines is 2. The number of aromatic carboxylic acids is 1. The number of benzene rings is 1. The van der Waals surface area contributed by atoms with E-state index >= 15 is 4.39 Å². The topological polar surface area (TPSA) is 104 Å². The number of hydrogen-bond donors (Lipinski definition) is 2. The molecule has 3 aromatic heterocycles. The van der Waals surface area contributed by atoms with Crippen LogP contribution < -0.4 is 15.6 Å². The van der Waals surface area contributed by atoms with Gasteiger partial charge in [0.25, 0.3) is 0 Å². The van der Waals surface area contributed by atoms with E-state index in [0.717, 1.165) is 31.9 Å². The number of aryl methyl sites for hydroxylation is 1. The molecule has 3 aliphatic rings. The Bertz CT molecular complexity index is 1840. The van der Waals surface area contributed by atoms with Crippen molar-refractivity contribution in [1.82, 2.24) is 19.4 Å². The van der Waals surface area contributed by atoms with Crippen LogP contribution >= 0.6 is 0 Å². The number of rotatable bonds is 4. The zero-order valence-corrected chi connectivity index (χ0v) is 22.8. The van der Waals surface area contributed by atoms with Gasteiger partial charge in [-0.25, -0.2) is 18.6 Å². The zero-order chi connectivity index (χ0) is 28.7. The van der Waals surface area contributed by atoms with E-state index in [1.807, 2.05) is 0 Å². The lowest BCUT2D eigenvalue weighted by atomic mass is 9.97. The number of hydrogen-bond acceptors (Lipinski definition) is 7. The minimum absolute atomic E-state index is 0.159. The Morgan fingerprint density at radius 1 is 1.05 bits per heavy atom. The molecule has 0 radical (unpaired) electrons. The van der Waals surface area contributed by atoms with Gasteiger partial charge in [0.1, 0.15) is 11.2 Å². The number of carbonyl (C=O) groups is 1.